The van der Waals surface area contributed by atoms with E-state index in [2.05, 4.69) is 38.0 Å². The predicted molar refractivity (Wildman–Crippen MR) is 102 cm³/mol. The first kappa shape index (κ1) is 16.1. The van der Waals surface area contributed by atoms with Crippen LogP contribution in [0.3, 0.4) is 0 Å². The van der Waals surface area contributed by atoms with Crippen molar-refractivity contribution in [3.05, 3.63) is 81.6 Å². The highest BCUT2D eigenvalue weighted by Gasteiger charge is 2.08. The summed E-state index contributed by atoms with van der Waals surface area (Å²) in [6, 6.07) is 15.0. The zero-order chi connectivity index (χ0) is 16.9. The van der Waals surface area contributed by atoms with Gasteiger partial charge in [-0.25, -0.2) is 10.4 Å². The molecule has 0 saturated heterocycles. The maximum Gasteiger partial charge on any atom is 0.263 e. The van der Waals surface area contributed by atoms with E-state index in [9.17, 15) is 4.79 Å². The first-order chi connectivity index (χ1) is 11.7. The molecule has 0 spiro atoms. The van der Waals surface area contributed by atoms with Gasteiger partial charge in [0.1, 0.15) is 0 Å². The number of para-hydroxylation sites is 1. The van der Waals surface area contributed by atoms with Crippen LogP contribution in [0, 0.1) is 0 Å². The lowest BCUT2D eigenvalue weighted by molar-refractivity contribution is 0.774. The molecule has 1 heterocycles. The minimum Gasteiger partial charge on any atom is -0.273 e. The highest BCUT2D eigenvalue weighted by molar-refractivity contribution is 9.10. The number of halogens is 1. The molecule has 0 radical (unpaired) electrons. The van der Waals surface area contributed by atoms with Gasteiger partial charge < -0.3 is 0 Å². The number of nitrogens with zero attached hydrogens (tertiary/aromatic N) is 3. The van der Waals surface area contributed by atoms with Gasteiger partial charge in [0.25, 0.3) is 5.56 Å². The van der Waals surface area contributed by atoms with E-state index in [1.807, 2.05) is 36.4 Å². The van der Waals surface area contributed by atoms with E-state index >= 15 is 0 Å². The van der Waals surface area contributed by atoms with E-state index in [4.69, 9.17) is 0 Å². The number of aromatic nitrogens is 2. The van der Waals surface area contributed by atoms with E-state index in [0.29, 0.717) is 23.4 Å². The lowest BCUT2D eigenvalue weighted by atomic mass is 10.2. The third-order valence-corrected chi connectivity index (χ3v) is 3.89. The van der Waals surface area contributed by atoms with Crippen molar-refractivity contribution in [3.63, 3.8) is 0 Å². The van der Waals surface area contributed by atoms with Crippen LogP contribution in [0.4, 0.5) is 5.95 Å². The number of allylic oxidation sites excluding steroid dienone is 1. The predicted octanol–water partition coefficient (Wildman–Crippen LogP) is 3.79. The number of benzene rings is 2. The van der Waals surface area contributed by atoms with Gasteiger partial charge in [0, 0.05) is 11.0 Å². The molecule has 0 amide bonds. The molecule has 5 nitrogen and oxygen atoms in total. The molecule has 0 aliphatic rings. The smallest absolute Gasteiger partial charge is 0.263 e. The van der Waals surface area contributed by atoms with Crippen molar-refractivity contribution < 1.29 is 0 Å². The first-order valence-electron chi connectivity index (χ1n) is 7.34. The van der Waals surface area contributed by atoms with Gasteiger partial charge in [-0.3, -0.25) is 9.36 Å². The van der Waals surface area contributed by atoms with Crippen LogP contribution in [0.1, 0.15) is 5.56 Å². The van der Waals surface area contributed by atoms with Crippen molar-refractivity contribution in [2.45, 2.75) is 6.54 Å². The Balaban J connectivity index is 1.97. The first-order valence-corrected chi connectivity index (χ1v) is 8.13. The largest absolute Gasteiger partial charge is 0.273 e. The van der Waals surface area contributed by atoms with Gasteiger partial charge in [0.2, 0.25) is 5.95 Å². The van der Waals surface area contributed by atoms with E-state index in [1.165, 1.54) is 4.57 Å². The second-order valence-corrected chi connectivity index (χ2v) is 6.00. The molecule has 3 rings (SSSR count). The Morgan fingerprint density at radius 1 is 1.25 bits per heavy atom. The van der Waals surface area contributed by atoms with Gasteiger partial charge in [-0.1, -0.05) is 46.3 Å². The van der Waals surface area contributed by atoms with Crippen LogP contribution in [0.2, 0.25) is 0 Å². The average molecular weight is 383 g/mol. The van der Waals surface area contributed by atoms with Crippen LogP contribution in [0.15, 0.2) is 75.6 Å². The normalized spacial score (nSPS) is 11.0. The monoisotopic (exact) mass is 382 g/mol. The standard InChI is InChI=1S/C18H15BrN4O/c1-2-10-23-17(24)15-8-3-4-9-16(15)21-18(23)22-20-12-13-6-5-7-14(19)11-13/h2-9,11-12H,1,10H2,(H,21,22)/b20-12-. The minimum atomic E-state index is -0.124. The molecule has 120 valence electrons. The second-order valence-electron chi connectivity index (χ2n) is 5.08. The van der Waals surface area contributed by atoms with Gasteiger partial charge >= 0.3 is 0 Å². The van der Waals surface area contributed by atoms with Gasteiger partial charge in [0.05, 0.1) is 17.1 Å². The molecule has 0 aliphatic carbocycles. The third-order valence-electron chi connectivity index (χ3n) is 3.40. The molecule has 0 unspecified atom stereocenters. The topological polar surface area (TPSA) is 59.3 Å². The van der Waals surface area contributed by atoms with Crippen molar-refractivity contribution in [1.29, 1.82) is 0 Å². The Bertz CT molecular complexity index is 978. The highest BCUT2D eigenvalue weighted by Crippen LogP contribution is 2.12. The van der Waals surface area contributed by atoms with E-state index < -0.39 is 0 Å². The van der Waals surface area contributed by atoms with Crippen molar-refractivity contribution in [2.75, 3.05) is 5.43 Å². The van der Waals surface area contributed by atoms with Gasteiger partial charge in [-0.15, -0.1) is 6.58 Å². The minimum absolute atomic E-state index is 0.124. The number of fused-ring (bicyclic) bond motifs is 1. The maximum absolute atomic E-state index is 12.6. The lowest BCUT2D eigenvalue weighted by Crippen LogP contribution is -2.23. The van der Waals surface area contributed by atoms with Gasteiger partial charge in [-0.05, 0) is 29.8 Å². The van der Waals surface area contributed by atoms with Crippen molar-refractivity contribution in [2.24, 2.45) is 5.10 Å². The van der Waals surface area contributed by atoms with Crippen molar-refractivity contribution in [3.8, 4) is 0 Å². The molecule has 2 aromatic carbocycles. The molecule has 24 heavy (non-hydrogen) atoms. The summed E-state index contributed by atoms with van der Waals surface area (Å²) in [6.07, 6.45) is 3.32. The number of hydrazone groups is 1. The molecular formula is C18H15BrN4O. The lowest BCUT2D eigenvalue weighted by Gasteiger charge is -2.10. The van der Waals surface area contributed by atoms with E-state index in [1.54, 1.807) is 24.4 Å². The van der Waals surface area contributed by atoms with Crippen LogP contribution >= 0.6 is 15.9 Å². The van der Waals surface area contributed by atoms with Crippen LogP contribution in [0.5, 0.6) is 0 Å². The summed E-state index contributed by atoms with van der Waals surface area (Å²) in [5, 5.41) is 4.76. The summed E-state index contributed by atoms with van der Waals surface area (Å²) < 4.78 is 2.48. The van der Waals surface area contributed by atoms with Crippen LogP contribution in [-0.4, -0.2) is 15.8 Å². The molecule has 3 aromatic rings. The molecule has 0 fully saturated rings. The second kappa shape index (κ2) is 7.23. The summed E-state index contributed by atoms with van der Waals surface area (Å²) in [7, 11) is 0. The van der Waals surface area contributed by atoms with Crippen LogP contribution in [-0.2, 0) is 6.54 Å². The molecular weight excluding hydrogens is 368 g/mol. The number of nitrogens with one attached hydrogen (secondary N) is 1. The SMILES string of the molecule is C=CCn1c(N/N=C\c2cccc(Br)c2)nc2ccccc2c1=O. The fourth-order valence-corrected chi connectivity index (χ4v) is 2.72. The van der Waals surface area contributed by atoms with E-state index in [-0.39, 0.29) is 5.56 Å². The molecule has 1 aromatic heterocycles. The summed E-state index contributed by atoms with van der Waals surface area (Å²) in [6.45, 7) is 4.05. The molecule has 0 atom stereocenters. The molecule has 1 N–H and O–H groups in total. The van der Waals surface area contributed by atoms with Crippen LogP contribution in [0.25, 0.3) is 10.9 Å². The highest BCUT2D eigenvalue weighted by atomic mass is 79.9. The van der Waals surface area contributed by atoms with Crippen molar-refractivity contribution >= 4 is 39.0 Å². The van der Waals surface area contributed by atoms with Crippen molar-refractivity contribution in [1.82, 2.24) is 9.55 Å². The van der Waals surface area contributed by atoms with E-state index in [0.717, 1.165) is 10.0 Å². The number of hydrogen-bond acceptors (Lipinski definition) is 4. The molecule has 0 aliphatic heterocycles. The summed E-state index contributed by atoms with van der Waals surface area (Å²) in [4.78, 5) is 17.1. The Hall–Kier alpha value is -2.73. The summed E-state index contributed by atoms with van der Waals surface area (Å²) in [5.41, 5.74) is 4.29. The Morgan fingerprint density at radius 3 is 2.88 bits per heavy atom. The zero-order valence-electron chi connectivity index (χ0n) is 12.8. The number of anilines is 1. The number of rotatable bonds is 5. The fourth-order valence-electron chi connectivity index (χ4n) is 2.30. The average Bonchev–Trinajstić information content (AvgIpc) is 2.58. The summed E-state index contributed by atoms with van der Waals surface area (Å²) in [5.74, 6) is 0.379. The Morgan fingerprint density at radius 2 is 2.08 bits per heavy atom. The quantitative estimate of drug-likeness (QED) is 0.414. The Kier molecular flexibility index (Phi) is 4.86. The Labute approximate surface area is 147 Å². The van der Waals surface area contributed by atoms with Gasteiger partial charge in [0.15, 0.2) is 0 Å². The third kappa shape index (κ3) is 3.44. The van der Waals surface area contributed by atoms with Gasteiger partial charge in [-0.2, -0.15) is 5.10 Å². The maximum atomic E-state index is 12.6. The fraction of sp³-hybridized carbons (Fsp3) is 0.0556. The zero-order valence-corrected chi connectivity index (χ0v) is 14.4. The molecule has 6 heteroatoms. The molecule has 0 saturated carbocycles. The summed E-state index contributed by atoms with van der Waals surface area (Å²) >= 11 is 3.42. The number of hydrogen-bond donors (Lipinski definition) is 1. The molecule has 0 bridgehead atoms. The van der Waals surface area contributed by atoms with Crippen LogP contribution < -0.4 is 11.0 Å².